The van der Waals surface area contributed by atoms with E-state index in [1.54, 1.807) is 0 Å². The lowest BCUT2D eigenvalue weighted by Gasteiger charge is -2.22. The zero-order valence-electron chi connectivity index (χ0n) is 5.61. The summed E-state index contributed by atoms with van der Waals surface area (Å²) in [6, 6.07) is 0. The lowest BCUT2D eigenvalue weighted by molar-refractivity contribution is -0.0190. The largest absolute Gasteiger partial charge is 0.381 e. The first-order chi connectivity index (χ1) is 4.43. The minimum atomic E-state index is 0.810. The number of halogens is 1. The Morgan fingerprint density at radius 1 is 1.22 bits per heavy atom. The van der Waals surface area contributed by atoms with Crippen molar-refractivity contribution in [2.24, 2.45) is 5.92 Å². The molecule has 1 nitrogen and oxygen atoms in total. The summed E-state index contributed by atoms with van der Waals surface area (Å²) in [4.78, 5) is 0. The van der Waals surface area contributed by atoms with Crippen molar-refractivity contribution in [3.05, 3.63) is 0 Å². The maximum atomic E-state index is 4.90. The first-order valence-electron chi connectivity index (χ1n) is 3.57. The van der Waals surface area contributed by atoms with Crippen LogP contribution in [0.3, 0.4) is 0 Å². The van der Waals surface area contributed by atoms with Crippen LogP contribution < -0.4 is 0 Å². The summed E-state index contributed by atoms with van der Waals surface area (Å²) in [7, 11) is 0. The first kappa shape index (κ1) is 7.55. The van der Waals surface area contributed by atoms with E-state index in [1.807, 2.05) is 0 Å². The van der Waals surface area contributed by atoms with E-state index in [9.17, 15) is 0 Å². The lowest BCUT2D eigenvalue weighted by atomic mass is 10.2. The van der Waals surface area contributed by atoms with Gasteiger partial charge in [-0.1, -0.05) is 35.2 Å². The Morgan fingerprint density at radius 2 is 1.78 bits per heavy atom. The molecule has 0 N–H and O–H groups in total. The van der Waals surface area contributed by atoms with Gasteiger partial charge in [0, 0.05) is 11.2 Å². The van der Waals surface area contributed by atoms with Crippen LogP contribution in [-0.2, 0) is 4.74 Å². The van der Waals surface area contributed by atoms with Crippen molar-refractivity contribution in [3.63, 3.8) is 0 Å². The van der Waals surface area contributed by atoms with Gasteiger partial charge in [0.2, 0.25) is 0 Å². The molecule has 54 valence electrons. The SMILES string of the molecule is BrCC1COC1.C1CC1. The highest BCUT2D eigenvalue weighted by Crippen LogP contribution is 2.14. The Morgan fingerprint density at radius 3 is 1.78 bits per heavy atom. The monoisotopic (exact) mass is 192 g/mol. The lowest BCUT2D eigenvalue weighted by Crippen LogP contribution is -2.28. The van der Waals surface area contributed by atoms with Crippen LogP contribution in [0, 0.1) is 5.92 Å². The quantitative estimate of drug-likeness (QED) is 0.580. The van der Waals surface area contributed by atoms with Gasteiger partial charge in [-0.15, -0.1) is 0 Å². The van der Waals surface area contributed by atoms with Crippen LogP contribution in [0.15, 0.2) is 0 Å². The molecule has 0 aromatic carbocycles. The molecule has 2 fully saturated rings. The van der Waals surface area contributed by atoms with Gasteiger partial charge < -0.3 is 4.74 Å². The summed E-state index contributed by atoms with van der Waals surface area (Å²) in [5.74, 6) is 0.810. The molecule has 0 aromatic rings. The predicted molar refractivity (Wildman–Crippen MR) is 42.0 cm³/mol. The van der Waals surface area contributed by atoms with E-state index >= 15 is 0 Å². The van der Waals surface area contributed by atoms with Crippen LogP contribution in [0.5, 0.6) is 0 Å². The third-order valence-electron chi connectivity index (χ3n) is 1.28. The predicted octanol–water partition coefficient (Wildman–Crippen LogP) is 2.20. The van der Waals surface area contributed by atoms with Gasteiger partial charge in [-0.3, -0.25) is 0 Å². The van der Waals surface area contributed by atoms with Crippen molar-refractivity contribution in [3.8, 4) is 0 Å². The highest BCUT2D eigenvalue weighted by atomic mass is 79.9. The number of hydrogen-bond donors (Lipinski definition) is 0. The number of rotatable bonds is 1. The zero-order valence-corrected chi connectivity index (χ0v) is 7.19. The second kappa shape index (κ2) is 4.29. The molecule has 2 aliphatic rings. The van der Waals surface area contributed by atoms with E-state index in [4.69, 9.17) is 4.74 Å². The second-order valence-corrected chi connectivity index (χ2v) is 3.27. The smallest absolute Gasteiger partial charge is 0.0524 e. The van der Waals surface area contributed by atoms with E-state index in [0.29, 0.717) is 0 Å². The zero-order chi connectivity index (χ0) is 6.53. The molecule has 9 heavy (non-hydrogen) atoms. The molecule has 1 aliphatic heterocycles. The molecule has 1 aliphatic carbocycles. The van der Waals surface area contributed by atoms with Crippen LogP contribution in [0.1, 0.15) is 19.3 Å². The van der Waals surface area contributed by atoms with E-state index < -0.39 is 0 Å². The van der Waals surface area contributed by atoms with Gasteiger partial charge in [0.15, 0.2) is 0 Å². The maximum absolute atomic E-state index is 4.90. The average Bonchev–Trinajstić information content (AvgIpc) is 2.42. The molecule has 2 rings (SSSR count). The fraction of sp³-hybridized carbons (Fsp3) is 1.00. The molecule has 0 atom stereocenters. The molecule has 0 aromatic heterocycles. The van der Waals surface area contributed by atoms with Crippen molar-refractivity contribution in [1.29, 1.82) is 0 Å². The molecule has 0 amide bonds. The Bertz CT molecular complexity index is 63.8. The summed E-state index contributed by atoms with van der Waals surface area (Å²) >= 11 is 3.35. The number of hydrogen-bond acceptors (Lipinski definition) is 1. The van der Waals surface area contributed by atoms with E-state index in [-0.39, 0.29) is 0 Å². The van der Waals surface area contributed by atoms with Gasteiger partial charge in [-0.05, 0) is 0 Å². The maximum Gasteiger partial charge on any atom is 0.0524 e. The molecular weight excluding hydrogens is 180 g/mol. The fourth-order valence-corrected chi connectivity index (χ4v) is 0.747. The summed E-state index contributed by atoms with van der Waals surface area (Å²) in [5, 5.41) is 1.10. The minimum absolute atomic E-state index is 0.810. The number of ether oxygens (including phenoxy) is 1. The van der Waals surface area contributed by atoms with Gasteiger partial charge in [0.1, 0.15) is 0 Å². The van der Waals surface area contributed by atoms with Crippen LogP contribution in [-0.4, -0.2) is 18.5 Å². The molecule has 0 spiro atoms. The van der Waals surface area contributed by atoms with Crippen LogP contribution >= 0.6 is 15.9 Å². The molecule has 1 heterocycles. The first-order valence-corrected chi connectivity index (χ1v) is 4.69. The molecule has 0 unspecified atom stereocenters. The van der Waals surface area contributed by atoms with Crippen LogP contribution in [0.4, 0.5) is 0 Å². The Balaban J connectivity index is 0.000000112. The highest BCUT2D eigenvalue weighted by molar-refractivity contribution is 9.09. The van der Waals surface area contributed by atoms with Gasteiger partial charge in [0.25, 0.3) is 0 Å². The Labute approximate surface area is 64.9 Å². The normalized spacial score (nSPS) is 23.7. The highest BCUT2D eigenvalue weighted by Gasteiger charge is 2.15. The van der Waals surface area contributed by atoms with Crippen LogP contribution in [0.2, 0.25) is 0 Å². The van der Waals surface area contributed by atoms with E-state index in [2.05, 4.69) is 15.9 Å². The van der Waals surface area contributed by atoms with Crippen LogP contribution in [0.25, 0.3) is 0 Å². The fourth-order valence-electron chi connectivity index (χ4n) is 0.374. The molecule has 1 saturated heterocycles. The summed E-state index contributed by atoms with van der Waals surface area (Å²) < 4.78 is 4.90. The Kier molecular flexibility index (Phi) is 3.59. The Hall–Kier alpha value is 0.440. The van der Waals surface area contributed by atoms with Crippen molar-refractivity contribution in [2.45, 2.75) is 19.3 Å². The molecule has 1 saturated carbocycles. The number of alkyl halides is 1. The van der Waals surface area contributed by atoms with Gasteiger partial charge in [-0.25, -0.2) is 0 Å². The van der Waals surface area contributed by atoms with E-state index in [1.165, 1.54) is 19.3 Å². The van der Waals surface area contributed by atoms with Crippen molar-refractivity contribution in [2.75, 3.05) is 18.5 Å². The van der Waals surface area contributed by atoms with Gasteiger partial charge in [-0.2, -0.15) is 0 Å². The summed E-state index contributed by atoms with van der Waals surface area (Å²) in [6.07, 6.45) is 4.50. The summed E-state index contributed by atoms with van der Waals surface area (Å²) in [6.45, 7) is 1.93. The topological polar surface area (TPSA) is 9.23 Å². The summed E-state index contributed by atoms with van der Waals surface area (Å²) in [5.41, 5.74) is 0. The van der Waals surface area contributed by atoms with Crippen molar-refractivity contribution < 1.29 is 4.74 Å². The minimum Gasteiger partial charge on any atom is -0.381 e. The average molecular weight is 193 g/mol. The second-order valence-electron chi connectivity index (χ2n) is 2.62. The van der Waals surface area contributed by atoms with Gasteiger partial charge >= 0.3 is 0 Å². The van der Waals surface area contributed by atoms with Crippen molar-refractivity contribution in [1.82, 2.24) is 0 Å². The third-order valence-corrected chi connectivity index (χ3v) is 2.19. The molecule has 0 radical (unpaired) electrons. The standard InChI is InChI=1S/C4H7BrO.C3H6/c5-1-4-2-6-3-4;1-2-3-1/h4H,1-3H2;1-3H2. The molecule has 0 bridgehead atoms. The molecule has 2 heteroatoms. The van der Waals surface area contributed by atoms with E-state index in [0.717, 1.165) is 24.5 Å². The third kappa shape index (κ3) is 3.93. The molecular formula is C7H13BrO. The van der Waals surface area contributed by atoms with Gasteiger partial charge in [0.05, 0.1) is 13.2 Å². The van der Waals surface area contributed by atoms with Crippen molar-refractivity contribution >= 4 is 15.9 Å².